The van der Waals surface area contributed by atoms with Gasteiger partial charge in [0.1, 0.15) is 0 Å². The highest BCUT2D eigenvalue weighted by Crippen LogP contribution is 2.18. The summed E-state index contributed by atoms with van der Waals surface area (Å²) in [4.78, 5) is 34.4. The maximum Gasteiger partial charge on any atom is 0.321 e. The molecule has 0 aliphatic carbocycles. The summed E-state index contributed by atoms with van der Waals surface area (Å²) in [6.45, 7) is 3.17. The molecule has 0 atom stereocenters. The lowest BCUT2D eigenvalue weighted by Gasteiger charge is -2.07. The van der Waals surface area contributed by atoms with Crippen LogP contribution in [0, 0.1) is 13.8 Å². The van der Waals surface area contributed by atoms with Gasteiger partial charge >= 0.3 is 12.0 Å². The second-order valence-corrected chi connectivity index (χ2v) is 5.36. The van der Waals surface area contributed by atoms with Crippen molar-refractivity contribution in [1.29, 1.82) is 0 Å². The summed E-state index contributed by atoms with van der Waals surface area (Å²) < 4.78 is 6.67. The molecule has 0 spiro atoms. The van der Waals surface area contributed by atoms with Crippen LogP contribution in [0.3, 0.4) is 0 Å². The van der Waals surface area contributed by atoms with Crippen molar-refractivity contribution in [2.24, 2.45) is 0 Å². The SMILES string of the molecule is CNC(=O)NC(=O)COC(=O)Cc1c(C)nn(-c2ccccc2)c1C. The standard InChI is InChI=1S/C17H20N4O4/c1-11-14(9-16(23)25-10-15(22)19-17(24)18-3)12(2)21(20-11)13-7-5-4-6-8-13/h4-8H,9-10H2,1-3H3,(H2,18,19,22,24). The summed E-state index contributed by atoms with van der Waals surface area (Å²) >= 11 is 0. The van der Waals surface area contributed by atoms with Crippen LogP contribution in [-0.2, 0) is 20.7 Å². The van der Waals surface area contributed by atoms with Crippen LogP contribution < -0.4 is 10.6 Å². The van der Waals surface area contributed by atoms with E-state index in [9.17, 15) is 14.4 Å². The van der Waals surface area contributed by atoms with Crippen LogP contribution >= 0.6 is 0 Å². The Balaban J connectivity index is 2.01. The van der Waals surface area contributed by atoms with Gasteiger partial charge in [0.25, 0.3) is 5.91 Å². The number of nitrogens with zero attached hydrogens (tertiary/aromatic N) is 2. The van der Waals surface area contributed by atoms with Gasteiger partial charge in [-0.1, -0.05) is 18.2 Å². The Hall–Kier alpha value is -3.16. The largest absolute Gasteiger partial charge is 0.455 e. The molecule has 0 aliphatic rings. The first-order valence-electron chi connectivity index (χ1n) is 7.70. The minimum Gasteiger partial charge on any atom is -0.455 e. The number of rotatable bonds is 5. The molecule has 25 heavy (non-hydrogen) atoms. The molecule has 3 amide bonds. The first kappa shape index (κ1) is 18.2. The van der Waals surface area contributed by atoms with Gasteiger partial charge in [-0.15, -0.1) is 0 Å². The summed E-state index contributed by atoms with van der Waals surface area (Å²) in [5.41, 5.74) is 3.19. The molecular weight excluding hydrogens is 324 g/mol. The summed E-state index contributed by atoms with van der Waals surface area (Å²) in [6, 6.07) is 8.92. The molecule has 1 aromatic heterocycles. The van der Waals surface area contributed by atoms with Gasteiger partial charge < -0.3 is 10.1 Å². The molecule has 0 aliphatic heterocycles. The van der Waals surface area contributed by atoms with Crippen LogP contribution in [0.1, 0.15) is 17.0 Å². The van der Waals surface area contributed by atoms with E-state index >= 15 is 0 Å². The molecule has 0 radical (unpaired) electrons. The van der Waals surface area contributed by atoms with E-state index in [1.807, 2.05) is 49.5 Å². The number of benzene rings is 1. The third-order valence-corrected chi connectivity index (χ3v) is 3.61. The quantitative estimate of drug-likeness (QED) is 0.789. The molecule has 2 rings (SSSR count). The highest BCUT2D eigenvalue weighted by atomic mass is 16.5. The first-order valence-corrected chi connectivity index (χ1v) is 7.70. The second kappa shape index (κ2) is 8.09. The van der Waals surface area contributed by atoms with Gasteiger partial charge in [0.15, 0.2) is 6.61 Å². The molecule has 0 saturated heterocycles. The van der Waals surface area contributed by atoms with Crippen LogP contribution in [0.2, 0.25) is 0 Å². The Bertz CT molecular complexity index is 783. The number of esters is 1. The van der Waals surface area contributed by atoms with E-state index in [2.05, 4.69) is 10.4 Å². The number of urea groups is 1. The number of aromatic nitrogens is 2. The lowest BCUT2D eigenvalue weighted by atomic mass is 10.1. The number of aryl methyl sites for hydroxylation is 1. The van der Waals surface area contributed by atoms with E-state index in [1.165, 1.54) is 7.05 Å². The van der Waals surface area contributed by atoms with Gasteiger partial charge in [-0.25, -0.2) is 9.48 Å². The Morgan fingerprint density at radius 2 is 1.84 bits per heavy atom. The minimum atomic E-state index is -0.693. The van der Waals surface area contributed by atoms with Gasteiger partial charge in [-0.3, -0.25) is 14.9 Å². The van der Waals surface area contributed by atoms with Gasteiger partial charge in [0, 0.05) is 18.3 Å². The number of nitrogens with one attached hydrogen (secondary N) is 2. The predicted octanol–water partition coefficient (Wildman–Crippen LogP) is 1.03. The van der Waals surface area contributed by atoms with Crippen molar-refractivity contribution in [3.05, 3.63) is 47.3 Å². The monoisotopic (exact) mass is 344 g/mol. The maximum absolute atomic E-state index is 12.0. The zero-order valence-electron chi connectivity index (χ0n) is 14.3. The van der Waals surface area contributed by atoms with Crippen LogP contribution in [0.25, 0.3) is 5.69 Å². The number of hydrogen-bond acceptors (Lipinski definition) is 5. The van der Waals surface area contributed by atoms with Gasteiger partial charge in [0.2, 0.25) is 0 Å². The van der Waals surface area contributed by atoms with Crippen molar-refractivity contribution < 1.29 is 19.1 Å². The molecule has 132 valence electrons. The van der Waals surface area contributed by atoms with Crippen LogP contribution in [-0.4, -0.2) is 41.3 Å². The number of carbonyl (C=O) groups excluding carboxylic acids is 3. The summed E-state index contributed by atoms with van der Waals surface area (Å²) in [6.07, 6.45) is -0.00223. The molecule has 0 unspecified atom stereocenters. The van der Waals surface area contributed by atoms with E-state index in [1.54, 1.807) is 4.68 Å². The van der Waals surface area contributed by atoms with Crippen molar-refractivity contribution in [3.8, 4) is 5.69 Å². The smallest absolute Gasteiger partial charge is 0.321 e. The average molecular weight is 344 g/mol. The van der Waals surface area contributed by atoms with Gasteiger partial charge in [-0.2, -0.15) is 5.10 Å². The average Bonchev–Trinajstić information content (AvgIpc) is 2.88. The molecule has 2 N–H and O–H groups in total. The second-order valence-electron chi connectivity index (χ2n) is 5.36. The van der Waals surface area contributed by atoms with Gasteiger partial charge in [0.05, 0.1) is 17.8 Å². The third kappa shape index (κ3) is 4.66. The predicted molar refractivity (Wildman–Crippen MR) is 90.3 cm³/mol. The Morgan fingerprint density at radius 3 is 2.48 bits per heavy atom. The number of ether oxygens (including phenoxy) is 1. The molecular formula is C17H20N4O4. The van der Waals surface area contributed by atoms with Crippen LogP contribution in [0.5, 0.6) is 0 Å². The molecule has 1 heterocycles. The van der Waals surface area contributed by atoms with E-state index in [0.717, 1.165) is 16.9 Å². The normalized spacial score (nSPS) is 10.2. The fraction of sp³-hybridized carbons (Fsp3) is 0.294. The van der Waals surface area contributed by atoms with E-state index < -0.39 is 24.5 Å². The fourth-order valence-corrected chi connectivity index (χ4v) is 2.32. The molecule has 0 saturated carbocycles. The fourth-order valence-electron chi connectivity index (χ4n) is 2.32. The van der Waals surface area contributed by atoms with Crippen molar-refractivity contribution in [2.75, 3.05) is 13.7 Å². The third-order valence-electron chi connectivity index (χ3n) is 3.61. The van der Waals surface area contributed by atoms with Crippen molar-refractivity contribution in [1.82, 2.24) is 20.4 Å². The van der Waals surface area contributed by atoms with Crippen molar-refractivity contribution >= 4 is 17.9 Å². The molecule has 0 bridgehead atoms. The molecule has 8 heteroatoms. The number of imide groups is 1. The summed E-state index contributed by atoms with van der Waals surface area (Å²) in [7, 11) is 1.38. The first-order chi connectivity index (χ1) is 11.9. The van der Waals surface area contributed by atoms with E-state index in [-0.39, 0.29) is 6.42 Å². The Labute approximate surface area is 145 Å². The molecule has 1 aromatic carbocycles. The zero-order valence-corrected chi connectivity index (χ0v) is 14.3. The summed E-state index contributed by atoms with van der Waals surface area (Å²) in [5.74, 6) is -1.26. The summed E-state index contributed by atoms with van der Waals surface area (Å²) in [5, 5.41) is 8.70. The number of amides is 3. The van der Waals surface area contributed by atoms with Crippen molar-refractivity contribution in [3.63, 3.8) is 0 Å². The Morgan fingerprint density at radius 1 is 1.16 bits per heavy atom. The highest BCUT2D eigenvalue weighted by Gasteiger charge is 2.17. The lowest BCUT2D eigenvalue weighted by Crippen LogP contribution is -2.39. The molecule has 2 aromatic rings. The maximum atomic E-state index is 12.0. The van der Waals surface area contributed by atoms with Crippen molar-refractivity contribution in [2.45, 2.75) is 20.3 Å². The lowest BCUT2D eigenvalue weighted by molar-refractivity contribution is -0.147. The Kier molecular flexibility index (Phi) is 5.89. The molecule has 0 fully saturated rings. The minimum absolute atomic E-state index is 0.00223. The topological polar surface area (TPSA) is 102 Å². The zero-order chi connectivity index (χ0) is 18.4. The number of para-hydroxylation sites is 1. The van der Waals surface area contributed by atoms with E-state index in [0.29, 0.717) is 5.69 Å². The number of hydrogen-bond donors (Lipinski definition) is 2. The van der Waals surface area contributed by atoms with Gasteiger partial charge in [-0.05, 0) is 26.0 Å². The van der Waals surface area contributed by atoms with E-state index in [4.69, 9.17) is 4.74 Å². The van der Waals surface area contributed by atoms with Crippen LogP contribution in [0.15, 0.2) is 30.3 Å². The molecule has 8 nitrogen and oxygen atoms in total. The van der Waals surface area contributed by atoms with Crippen LogP contribution in [0.4, 0.5) is 4.79 Å². The highest BCUT2D eigenvalue weighted by molar-refractivity contribution is 5.95. The number of carbonyl (C=O) groups is 3.